The van der Waals surface area contributed by atoms with Crippen molar-refractivity contribution in [2.24, 2.45) is 0 Å². The normalized spacial score (nSPS) is 10.3. The molecule has 0 saturated heterocycles. The molecule has 0 aromatic heterocycles. The van der Waals surface area contributed by atoms with E-state index in [9.17, 15) is 9.18 Å². The van der Waals surface area contributed by atoms with Crippen molar-refractivity contribution in [3.8, 4) is 0 Å². The molecule has 0 aliphatic carbocycles. The molecule has 3 nitrogen and oxygen atoms in total. The zero-order valence-electron chi connectivity index (χ0n) is 10.8. The first-order chi connectivity index (χ1) is 9.47. The molecule has 0 amide bonds. The molecule has 2 aromatic carbocycles. The second-order valence-corrected chi connectivity index (χ2v) is 4.84. The summed E-state index contributed by atoms with van der Waals surface area (Å²) in [4.78, 5) is 11.9. The predicted octanol–water partition coefficient (Wildman–Crippen LogP) is 3.73. The van der Waals surface area contributed by atoms with Crippen LogP contribution in [0.25, 0.3) is 0 Å². The minimum Gasteiger partial charge on any atom is -0.457 e. The average Bonchev–Trinajstić information content (AvgIpc) is 2.40. The zero-order chi connectivity index (χ0) is 14.7. The Balaban J connectivity index is 2.13. The van der Waals surface area contributed by atoms with Crippen LogP contribution < -0.4 is 5.73 Å². The number of esters is 1. The van der Waals surface area contributed by atoms with Gasteiger partial charge in [-0.2, -0.15) is 0 Å². The Labute approximate surface area is 121 Å². The van der Waals surface area contributed by atoms with Crippen molar-refractivity contribution in [2.75, 3.05) is 5.73 Å². The first kappa shape index (κ1) is 14.3. The van der Waals surface area contributed by atoms with Crippen LogP contribution >= 0.6 is 11.6 Å². The van der Waals surface area contributed by atoms with E-state index in [4.69, 9.17) is 22.1 Å². The van der Waals surface area contributed by atoms with Crippen LogP contribution in [0.3, 0.4) is 0 Å². The highest BCUT2D eigenvalue weighted by molar-refractivity contribution is 6.30. The van der Waals surface area contributed by atoms with Crippen LogP contribution in [0, 0.1) is 12.7 Å². The highest BCUT2D eigenvalue weighted by Crippen LogP contribution is 2.19. The van der Waals surface area contributed by atoms with Crippen LogP contribution in [0.1, 0.15) is 21.5 Å². The number of nitrogen functional groups attached to an aromatic ring is 1. The summed E-state index contributed by atoms with van der Waals surface area (Å²) in [6.07, 6.45) is 0. The van der Waals surface area contributed by atoms with Crippen molar-refractivity contribution in [2.45, 2.75) is 13.5 Å². The molecule has 104 valence electrons. The molecular weight excluding hydrogens is 281 g/mol. The number of carbonyl (C=O) groups excluding carboxylic acids is 1. The number of rotatable bonds is 3. The standard InChI is InChI=1S/C15H13ClFNO2/c1-9-5-12(18)7-13(14(9)17)15(19)20-8-10-3-2-4-11(16)6-10/h2-7H,8,18H2,1H3. The van der Waals surface area contributed by atoms with Gasteiger partial charge in [-0.25, -0.2) is 9.18 Å². The van der Waals surface area contributed by atoms with E-state index in [1.54, 1.807) is 31.2 Å². The molecule has 0 radical (unpaired) electrons. The van der Waals surface area contributed by atoms with Gasteiger partial charge in [-0.3, -0.25) is 0 Å². The molecule has 2 aromatic rings. The van der Waals surface area contributed by atoms with E-state index in [2.05, 4.69) is 0 Å². The summed E-state index contributed by atoms with van der Waals surface area (Å²) < 4.78 is 18.9. The number of hydrogen-bond acceptors (Lipinski definition) is 3. The monoisotopic (exact) mass is 293 g/mol. The number of hydrogen-bond donors (Lipinski definition) is 1. The SMILES string of the molecule is Cc1cc(N)cc(C(=O)OCc2cccc(Cl)c2)c1F. The van der Waals surface area contributed by atoms with E-state index in [0.717, 1.165) is 5.56 Å². The molecule has 5 heteroatoms. The van der Waals surface area contributed by atoms with Crippen LogP contribution in [0.15, 0.2) is 36.4 Å². The lowest BCUT2D eigenvalue weighted by Crippen LogP contribution is -2.09. The van der Waals surface area contributed by atoms with Gasteiger partial charge in [-0.1, -0.05) is 23.7 Å². The molecule has 0 heterocycles. The Morgan fingerprint density at radius 2 is 2.10 bits per heavy atom. The zero-order valence-corrected chi connectivity index (χ0v) is 11.6. The van der Waals surface area contributed by atoms with Crippen molar-refractivity contribution in [1.29, 1.82) is 0 Å². The van der Waals surface area contributed by atoms with Gasteiger partial charge in [0.2, 0.25) is 0 Å². The van der Waals surface area contributed by atoms with Crippen LogP contribution in [0.2, 0.25) is 5.02 Å². The van der Waals surface area contributed by atoms with Gasteiger partial charge in [0, 0.05) is 10.7 Å². The van der Waals surface area contributed by atoms with Crippen LogP contribution in [0.5, 0.6) is 0 Å². The van der Waals surface area contributed by atoms with Gasteiger partial charge in [-0.05, 0) is 42.3 Å². The van der Waals surface area contributed by atoms with Gasteiger partial charge in [0.25, 0.3) is 0 Å². The maximum Gasteiger partial charge on any atom is 0.341 e. The molecule has 2 N–H and O–H groups in total. The Bertz CT molecular complexity index is 658. The van der Waals surface area contributed by atoms with Crippen LogP contribution in [-0.2, 0) is 11.3 Å². The van der Waals surface area contributed by atoms with Crippen LogP contribution in [0.4, 0.5) is 10.1 Å². The van der Waals surface area contributed by atoms with Gasteiger partial charge in [0.05, 0.1) is 5.56 Å². The quantitative estimate of drug-likeness (QED) is 0.693. The van der Waals surface area contributed by atoms with Crippen molar-refractivity contribution in [3.05, 3.63) is 63.9 Å². The fourth-order valence-corrected chi connectivity index (χ4v) is 2.01. The van der Waals surface area contributed by atoms with Crippen molar-refractivity contribution >= 4 is 23.3 Å². The fraction of sp³-hybridized carbons (Fsp3) is 0.133. The first-order valence-corrected chi connectivity index (χ1v) is 6.32. The smallest absolute Gasteiger partial charge is 0.341 e. The summed E-state index contributed by atoms with van der Waals surface area (Å²) >= 11 is 5.83. The lowest BCUT2D eigenvalue weighted by atomic mass is 10.1. The molecule has 0 atom stereocenters. The summed E-state index contributed by atoms with van der Waals surface area (Å²) in [6, 6.07) is 9.63. The highest BCUT2D eigenvalue weighted by atomic mass is 35.5. The lowest BCUT2D eigenvalue weighted by Gasteiger charge is -2.08. The van der Waals surface area contributed by atoms with Gasteiger partial charge in [0.1, 0.15) is 12.4 Å². The number of anilines is 1. The summed E-state index contributed by atoms with van der Waals surface area (Å²) in [5.41, 5.74) is 6.79. The third-order valence-corrected chi connectivity index (χ3v) is 2.99. The molecule has 0 saturated carbocycles. The summed E-state index contributed by atoms with van der Waals surface area (Å²) in [7, 11) is 0. The summed E-state index contributed by atoms with van der Waals surface area (Å²) in [5, 5.41) is 0.546. The van der Waals surface area contributed by atoms with E-state index in [0.29, 0.717) is 16.3 Å². The van der Waals surface area contributed by atoms with Crippen LogP contribution in [-0.4, -0.2) is 5.97 Å². The fourth-order valence-electron chi connectivity index (χ4n) is 1.80. The lowest BCUT2D eigenvalue weighted by molar-refractivity contribution is 0.0467. The van der Waals surface area contributed by atoms with Crippen molar-refractivity contribution in [1.82, 2.24) is 0 Å². The van der Waals surface area contributed by atoms with E-state index in [1.165, 1.54) is 12.1 Å². The molecule has 0 aliphatic heterocycles. The molecule has 0 fully saturated rings. The number of nitrogens with two attached hydrogens (primary N) is 1. The van der Waals surface area contributed by atoms with Gasteiger partial charge < -0.3 is 10.5 Å². The highest BCUT2D eigenvalue weighted by Gasteiger charge is 2.16. The third kappa shape index (κ3) is 3.27. The first-order valence-electron chi connectivity index (χ1n) is 5.94. The second-order valence-electron chi connectivity index (χ2n) is 4.41. The average molecular weight is 294 g/mol. The maximum atomic E-state index is 13.8. The van der Waals surface area contributed by atoms with E-state index in [1.807, 2.05) is 0 Å². The van der Waals surface area contributed by atoms with E-state index in [-0.39, 0.29) is 12.2 Å². The Morgan fingerprint density at radius 1 is 1.35 bits per heavy atom. The molecule has 0 bridgehead atoms. The van der Waals surface area contributed by atoms with Crippen molar-refractivity contribution < 1.29 is 13.9 Å². The Kier molecular flexibility index (Phi) is 4.25. The minimum atomic E-state index is -0.752. The predicted molar refractivity (Wildman–Crippen MR) is 76.1 cm³/mol. The molecular formula is C15H13ClFNO2. The minimum absolute atomic E-state index is 0.0205. The maximum absolute atomic E-state index is 13.8. The summed E-state index contributed by atoms with van der Waals surface area (Å²) in [5.74, 6) is -1.37. The molecule has 2 rings (SSSR count). The Hall–Kier alpha value is -2.07. The number of aryl methyl sites for hydroxylation is 1. The third-order valence-electron chi connectivity index (χ3n) is 2.76. The largest absolute Gasteiger partial charge is 0.457 e. The topological polar surface area (TPSA) is 52.3 Å². The molecule has 20 heavy (non-hydrogen) atoms. The number of carbonyl (C=O) groups is 1. The van der Waals surface area contributed by atoms with Gasteiger partial charge in [-0.15, -0.1) is 0 Å². The molecule has 0 unspecified atom stereocenters. The Morgan fingerprint density at radius 3 is 2.80 bits per heavy atom. The van der Waals surface area contributed by atoms with Crippen molar-refractivity contribution in [3.63, 3.8) is 0 Å². The second kappa shape index (κ2) is 5.92. The number of benzene rings is 2. The molecule has 0 spiro atoms. The van der Waals surface area contributed by atoms with Gasteiger partial charge >= 0.3 is 5.97 Å². The van der Waals surface area contributed by atoms with E-state index >= 15 is 0 Å². The number of ether oxygens (including phenoxy) is 1. The number of halogens is 2. The summed E-state index contributed by atoms with van der Waals surface area (Å²) in [6.45, 7) is 1.56. The van der Waals surface area contributed by atoms with Gasteiger partial charge in [0.15, 0.2) is 0 Å². The molecule has 0 aliphatic rings. The van der Waals surface area contributed by atoms with E-state index < -0.39 is 11.8 Å².